The van der Waals surface area contributed by atoms with Gasteiger partial charge in [-0.05, 0) is 40.2 Å². The van der Waals surface area contributed by atoms with Crippen LogP contribution < -0.4 is 5.32 Å². The highest BCUT2D eigenvalue weighted by Crippen LogP contribution is 2.33. The van der Waals surface area contributed by atoms with Crippen LogP contribution in [0.15, 0.2) is 40.9 Å². The van der Waals surface area contributed by atoms with Gasteiger partial charge in [0, 0.05) is 0 Å². The number of hydrogen-bond donors (Lipinski definition) is 1. The summed E-state index contributed by atoms with van der Waals surface area (Å²) in [6.45, 7) is 0. The Bertz CT molecular complexity index is 662. The lowest BCUT2D eigenvalue weighted by atomic mass is 10.1. The summed E-state index contributed by atoms with van der Waals surface area (Å²) < 4.78 is 31.9. The Kier molecular flexibility index (Phi) is 4.34. The second kappa shape index (κ2) is 6.00. The third kappa shape index (κ3) is 2.80. The minimum absolute atomic E-state index is 0.0312. The highest BCUT2D eigenvalue weighted by Gasteiger charge is 2.18. The highest BCUT2D eigenvalue weighted by molar-refractivity contribution is 9.10. The molecule has 0 saturated heterocycles. The summed E-state index contributed by atoms with van der Waals surface area (Å²) in [5, 5.41) is 2.70. The lowest BCUT2D eigenvalue weighted by Gasteiger charge is -2.13. The molecule has 0 bridgehead atoms. The number of hydrogen-bond acceptors (Lipinski definition) is 3. The number of esters is 1. The predicted molar refractivity (Wildman–Crippen MR) is 75.1 cm³/mol. The second-order valence-electron chi connectivity index (χ2n) is 3.88. The molecule has 2 aromatic rings. The van der Waals surface area contributed by atoms with Gasteiger partial charge in [-0.1, -0.05) is 12.1 Å². The Hall–Kier alpha value is -1.95. The van der Waals surface area contributed by atoms with Crippen LogP contribution in [0, 0.1) is 11.6 Å². The first kappa shape index (κ1) is 14.5. The van der Waals surface area contributed by atoms with Crippen molar-refractivity contribution in [3.05, 3.63) is 58.1 Å². The molecule has 0 radical (unpaired) electrons. The number of anilines is 2. The zero-order chi connectivity index (χ0) is 14.7. The Morgan fingerprint density at radius 3 is 2.50 bits per heavy atom. The molecule has 0 aromatic heterocycles. The van der Waals surface area contributed by atoms with E-state index in [1.807, 2.05) is 0 Å². The molecule has 0 unspecified atom stereocenters. The van der Waals surface area contributed by atoms with Crippen molar-refractivity contribution < 1.29 is 18.3 Å². The van der Waals surface area contributed by atoms with Crippen LogP contribution in [0.4, 0.5) is 20.2 Å². The molecule has 1 N–H and O–H groups in total. The van der Waals surface area contributed by atoms with Crippen molar-refractivity contribution in [1.82, 2.24) is 0 Å². The van der Waals surface area contributed by atoms with Crippen molar-refractivity contribution in [2.45, 2.75) is 0 Å². The number of methoxy groups -OCH3 is 1. The summed E-state index contributed by atoms with van der Waals surface area (Å²) in [4.78, 5) is 11.7. The van der Waals surface area contributed by atoms with E-state index in [-0.39, 0.29) is 21.4 Å². The molecular formula is C14H10BrF2NO2. The minimum Gasteiger partial charge on any atom is -0.465 e. The first-order chi connectivity index (χ1) is 9.54. The van der Waals surface area contributed by atoms with E-state index in [1.54, 1.807) is 6.07 Å². The molecule has 0 amide bonds. The summed E-state index contributed by atoms with van der Waals surface area (Å²) >= 11 is 3.04. The van der Waals surface area contributed by atoms with Crippen LogP contribution in [0.25, 0.3) is 0 Å². The van der Waals surface area contributed by atoms with Crippen LogP contribution in [0.2, 0.25) is 0 Å². The van der Waals surface area contributed by atoms with Crippen LogP contribution in [-0.4, -0.2) is 13.1 Å². The number of para-hydroxylation sites is 1. The summed E-state index contributed by atoms with van der Waals surface area (Å²) in [6, 6.07) is 8.29. The van der Waals surface area contributed by atoms with Gasteiger partial charge in [0.05, 0.1) is 28.5 Å². The summed E-state index contributed by atoms with van der Waals surface area (Å²) in [5.74, 6) is -1.74. The maximum absolute atomic E-state index is 13.6. The first-order valence-corrected chi connectivity index (χ1v) is 6.41. The monoisotopic (exact) mass is 341 g/mol. The SMILES string of the molecule is COC(=O)c1ccc(F)c(Br)c1Nc1ccccc1F. The van der Waals surface area contributed by atoms with Gasteiger partial charge in [-0.3, -0.25) is 0 Å². The Morgan fingerprint density at radius 1 is 1.15 bits per heavy atom. The molecule has 2 aromatic carbocycles. The maximum Gasteiger partial charge on any atom is 0.340 e. The van der Waals surface area contributed by atoms with E-state index in [4.69, 9.17) is 0 Å². The molecule has 20 heavy (non-hydrogen) atoms. The van der Waals surface area contributed by atoms with E-state index < -0.39 is 17.6 Å². The number of benzene rings is 2. The highest BCUT2D eigenvalue weighted by atomic mass is 79.9. The fraction of sp³-hybridized carbons (Fsp3) is 0.0714. The van der Waals surface area contributed by atoms with Gasteiger partial charge in [0.1, 0.15) is 11.6 Å². The van der Waals surface area contributed by atoms with Crippen LogP contribution in [0.3, 0.4) is 0 Å². The number of carbonyl (C=O) groups is 1. The average molecular weight is 342 g/mol. The van der Waals surface area contributed by atoms with Crippen LogP contribution in [0.5, 0.6) is 0 Å². The quantitative estimate of drug-likeness (QED) is 0.848. The zero-order valence-corrected chi connectivity index (χ0v) is 12.0. The van der Waals surface area contributed by atoms with E-state index in [9.17, 15) is 13.6 Å². The molecule has 104 valence electrons. The van der Waals surface area contributed by atoms with E-state index in [1.165, 1.54) is 31.4 Å². The predicted octanol–water partition coefficient (Wildman–Crippen LogP) is 4.26. The first-order valence-electron chi connectivity index (χ1n) is 5.62. The summed E-state index contributed by atoms with van der Waals surface area (Å²) in [5.41, 5.74) is 0.343. The van der Waals surface area contributed by atoms with E-state index in [0.29, 0.717) is 0 Å². The Labute approximate surface area is 122 Å². The smallest absolute Gasteiger partial charge is 0.340 e. The zero-order valence-electron chi connectivity index (χ0n) is 10.4. The lowest BCUT2D eigenvalue weighted by Crippen LogP contribution is -2.07. The lowest BCUT2D eigenvalue weighted by molar-refractivity contribution is 0.0602. The normalized spacial score (nSPS) is 10.2. The van der Waals surface area contributed by atoms with Gasteiger partial charge < -0.3 is 10.1 Å². The molecule has 3 nitrogen and oxygen atoms in total. The number of rotatable bonds is 3. The largest absolute Gasteiger partial charge is 0.465 e. The van der Waals surface area contributed by atoms with Crippen molar-refractivity contribution in [3.8, 4) is 0 Å². The van der Waals surface area contributed by atoms with Gasteiger partial charge >= 0.3 is 5.97 Å². The third-order valence-electron chi connectivity index (χ3n) is 2.63. The summed E-state index contributed by atoms with van der Waals surface area (Å²) in [7, 11) is 1.21. The van der Waals surface area contributed by atoms with Crippen LogP contribution in [0.1, 0.15) is 10.4 Å². The molecular weight excluding hydrogens is 332 g/mol. The van der Waals surface area contributed by atoms with Crippen LogP contribution in [-0.2, 0) is 4.74 Å². The van der Waals surface area contributed by atoms with Gasteiger partial charge in [0.15, 0.2) is 0 Å². The maximum atomic E-state index is 13.6. The minimum atomic E-state index is -0.649. The van der Waals surface area contributed by atoms with E-state index in [0.717, 1.165) is 6.07 Å². The van der Waals surface area contributed by atoms with Gasteiger partial charge in [-0.25, -0.2) is 13.6 Å². The van der Waals surface area contributed by atoms with Crippen LogP contribution >= 0.6 is 15.9 Å². The third-order valence-corrected chi connectivity index (χ3v) is 3.41. The number of carbonyl (C=O) groups excluding carboxylic acids is 1. The van der Waals surface area contributed by atoms with Gasteiger partial charge in [0.2, 0.25) is 0 Å². The fourth-order valence-electron chi connectivity index (χ4n) is 1.65. The van der Waals surface area contributed by atoms with Crippen molar-refractivity contribution in [3.63, 3.8) is 0 Å². The molecule has 0 fully saturated rings. The topological polar surface area (TPSA) is 38.3 Å². The number of nitrogens with one attached hydrogen (secondary N) is 1. The number of halogens is 3. The van der Waals surface area contributed by atoms with E-state index >= 15 is 0 Å². The standard InChI is InChI=1S/C14H10BrF2NO2/c1-20-14(19)8-6-7-10(17)12(15)13(8)18-11-5-3-2-4-9(11)16/h2-7,18H,1H3. The molecule has 0 atom stereocenters. The van der Waals surface area contributed by atoms with Crippen molar-refractivity contribution in [1.29, 1.82) is 0 Å². The van der Waals surface area contributed by atoms with Crippen molar-refractivity contribution in [2.75, 3.05) is 12.4 Å². The van der Waals surface area contributed by atoms with Gasteiger partial charge in [0.25, 0.3) is 0 Å². The molecule has 6 heteroatoms. The van der Waals surface area contributed by atoms with Gasteiger partial charge in [-0.2, -0.15) is 0 Å². The molecule has 2 rings (SSSR count). The second-order valence-corrected chi connectivity index (χ2v) is 4.67. The average Bonchev–Trinajstić information content (AvgIpc) is 2.45. The van der Waals surface area contributed by atoms with Crippen molar-refractivity contribution in [2.24, 2.45) is 0 Å². The molecule has 0 heterocycles. The molecule has 0 aliphatic rings. The number of ether oxygens (including phenoxy) is 1. The molecule has 0 saturated carbocycles. The molecule has 0 aliphatic heterocycles. The summed E-state index contributed by atoms with van der Waals surface area (Å²) in [6.07, 6.45) is 0. The fourth-order valence-corrected chi connectivity index (χ4v) is 2.10. The Morgan fingerprint density at radius 2 is 1.85 bits per heavy atom. The molecule has 0 spiro atoms. The Balaban J connectivity index is 2.52. The molecule has 0 aliphatic carbocycles. The van der Waals surface area contributed by atoms with Crippen molar-refractivity contribution >= 4 is 33.3 Å². The van der Waals surface area contributed by atoms with Gasteiger partial charge in [-0.15, -0.1) is 0 Å². The van der Waals surface area contributed by atoms with E-state index in [2.05, 4.69) is 26.0 Å².